The van der Waals surface area contributed by atoms with Crippen LogP contribution in [0, 0.1) is 0 Å². The van der Waals surface area contributed by atoms with Crippen LogP contribution in [0.15, 0.2) is 41.5 Å². The molecule has 2 nitrogen and oxygen atoms in total. The molecule has 2 aliphatic rings. The number of benzene rings is 1. The summed E-state index contributed by atoms with van der Waals surface area (Å²) in [6, 6.07) is 10.7. The van der Waals surface area contributed by atoms with Crippen molar-refractivity contribution in [1.82, 2.24) is 5.32 Å². The maximum Gasteiger partial charge on any atom is 0.176 e. The van der Waals surface area contributed by atoms with Crippen LogP contribution in [0.5, 0.6) is 0 Å². The third-order valence-electron chi connectivity index (χ3n) is 2.51. The van der Waals surface area contributed by atoms with Gasteiger partial charge < -0.3 is 4.74 Å². The van der Waals surface area contributed by atoms with Crippen molar-refractivity contribution in [2.75, 3.05) is 5.75 Å². The molecule has 1 aromatic rings. The number of ether oxygens (including phenoxy) is 1. The van der Waals surface area contributed by atoms with E-state index in [9.17, 15) is 0 Å². The molecule has 0 spiro atoms. The summed E-state index contributed by atoms with van der Waals surface area (Å²) in [5, 5.41) is 5.57. The van der Waals surface area contributed by atoms with Crippen molar-refractivity contribution >= 4 is 11.8 Å². The standard InChI is InChI=1S/C11H11NOS/c1-2-4-8(5-3-1)11-12-9-6-14-7-10(9)13-11/h1-5,7,9,11-12H,6H2. The van der Waals surface area contributed by atoms with Gasteiger partial charge in [-0.3, -0.25) is 5.32 Å². The minimum absolute atomic E-state index is 0.0494. The van der Waals surface area contributed by atoms with Gasteiger partial charge in [-0.05, 0) is 0 Å². The molecule has 0 aromatic heterocycles. The van der Waals surface area contributed by atoms with Crippen LogP contribution in [-0.4, -0.2) is 11.8 Å². The average Bonchev–Trinajstić information content (AvgIpc) is 2.78. The summed E-state index contributed by atoms with van der Waals surface area (Å²) in [5.41, 5.74) is 1.20. The summed E-state index contributed by atoms with van der Waals surface area (Å²) in [4.78, 5) is 0. The molecule has 3 heteroatoms. The Bertz CT molecular complexity index is 363. The molecular formula is C11H11NOS. The van der Waals surface area contributed by atoms with Gasteiger partial charge in [0.2, 0.25) is 0 Å². The lowest BCUT2D eigenvalue weighted by atomic mass is 10.2. The van der Waals surface area contributed by atoms with Crippen LogP contribution in [-0.2, 0) is 4.74 Å². The van der Waals surface area contributed by atoms with Crippen molar-refractivity contribution in [2.45, 2.75) is 12.3 Å². The number of hydrogen-bond acceptors (Lipinski definition) is 3. The molecule has 2 heterocycles. The Balaban J connectivity index is 1.83. The third kappa shape index (κ3) is 1.33. The maximum absolute atomic E-state index is 5.80. The first kappa shape index (κ1) is 8.38. The summed E-state index contributed by atoms with van der Waals surface area (Å²) in [6.07, 6.45) is 0.0494. The SMILES string of the molecule is C1=C2OC(c3ccccc3)NC2CS1. The summed E-state index contributed by atoms with van der Waals surface area (Å²) < 4.78 is 5.80. The predicted molar refractivity (Wildman–Crippen MR) is 57.7 cm³/mol. The molecule has 1 saturated heterocycles. The van der Waals surface area contributed by atoms with E-state index in [2.05, 4.69) is 22.9 Å². The Hall–Kier alpha value is -0.930. The lowest BCUT2D eigenvalue weighted by Crippen LogP contribution is -2.25. The van der Waals surface area contributed by atoms with Gasteiger partial charge in [0.15, 0.2) is 6.23 Å². The zero-order chi connectivity index (χ0) is 9.38. The second-order valence-electron chi connectivity index (χ2n) is 3.48. The molecule has 0 saturated carbocycles. The highest BCUT2D eigenvalue weighted by atomic mass is 32.2. The van der Waals surface area contributed by atoms with Gasteiger partial charge in [0, 0.05) is 16.7 Å². The second kappa shape index (κ2) is 3.33. The molecule has 1 fully saturated rings. The van der Waals surface area contributed by atoms with E-state index in [0.29, 0.717) is 6.04 Å². The monoisotopic (exact) mass is 205 g/mol. The van der Waals surface area contributed by atoms with Crippen LogP contribution in [0.3, 0.4) is 0 Å². The Morgan fingerprint density at radius 2 is 2.14 bits per heavy atom. The summed E-state index contributed by atoms with van der Waals surface area (Å²) in [5.74, 6) is 2.20. The van der Waals surface area contributed by atoms with Crippen molar-refractivity contribution in [3.05, 3.63) is 47.1 Å². The molecule has 1 aromatic carbocycles. The Morgan fingerprint density at radius 3 is 2.93 bits per heavy atom. The van der Waals surface area contributed by atoms with Gasteiger partial charge in [0.1, 0.15) is 5.76 Å². The molecule has 72 valence electrons. The van der Waals surface area contributed by atoms with Crippen molar-refractivity contribution in [2.24, 2.45) is 0 Å². The molecule has 1 N–H and O–H groups in total. The van der Waals surface area contributed by atoms with Gasteiger partial charge in [-0.2, -0.15) is 0 Å². The van der Waals surface area contributed by atoms with E-state index in [0.717, 1.165) is 11.5 Å². The Kier molecular flexibility index (Phi) is 2.00. The fourth-order valence-electron chi connectivity index (χ4n) is 1.78. The molecule has 0 amide bonds. The maximum atomic E-state index is 5.80. The minimum atomic E-state index is 0.0494. The van der Waals surface area contributed by atoms with E-state index < -0.39 is 0 Å². The highest BCUT2D eigenvalue weighted by Gasteiger charge is 2.33. The number of hydrogen-bond donors (Lipinski definition) is 1. The van der Waals surface area contributed by atoms with Crippen LogP contribution < -0.4 is 5.32 Å². The lowest BCUT2D eigenvalue weighted by molar-refractivity contribution is 0.148. The van der Waals surface area contributed by atoms with E-state index in [1.165, 1.54) is 5.56 Å². The van der Waals surface area contributed by atoms with Crippen LogP contribution >= 0.6 is 11.8 Å². The summed E-state index contributed by atoms with van der Waals surface area (Å²) in [6.45, 7) is 0. The normalized spacial score (nSPS) is 29.6. The van der Waals surface area contributed by atoms with Gasteiger partial charge in [-0.25, -0.2) is 0 Å². The molecule has 0 bridgehead atoms. The molecule has 3 rings (SSSR count). The number of thioether (sulfide) groups is 1. The molecule has 2 atom stereocenters. The van der Waals surface area contributed by atoms with Crippen molar-refractivity contribution in [3.8, 4) is 0 Å². The second-order valence-corrected chi connectivity index (χ2v) is 4.38. The van der Waals surface area contributed by atoms with E-state index in [1.54, 1.807) is 0 Å². The fourth-order valence-corrected chi connectivity index (χ4v) is 2.71. The zero-order valence-corrected chi connectivity index (χ0v) is 8.46. The molecule has 2 unspecified atom stereocenters. The number of rotatable bonds is 1. The van der Waals surface area contributed by atoms with E-state index in [4.69, 9.17) is 4.74 Å². The predicted octanol–water partition coefficient (Wildman–Crippen LogP) is 2.26. The van der Waals surface area contributed by atoms with Gasteiger partial charge in [0.25, 0.3) is 0 Å². The van der Waals surface area contributed by atoms with Gasteiger partial charge in [0.05, 0.1) is 6.04 Å². The average molecular weight is 205 g/mol. The van der Waals surface area contributed by atoms with Crippen molar-refractivity contribution in [3.63, 3.8) is 0 Å². The quantitative estimate of drug-likeness (QED) is 0.760. The third-order valence-corrected chi connectivity index (χ3v) is 3.44. The zero-order valence-electron chi connectivity index (χ0n) is 7.64. The minimum Gasteiger partial charge on any atom is -0.473 e. The van der Waals surface area contributed by atoms with E-state index in [1.807, 2.05) is 30.0 Å². The number of nitrogens with one attached hydrogen (secondary N) is 1. The molecule has 2 aliphatic heterocycles. The highest BCUT2D eigenvalue weighted by molar-refractivity contribution is 8.02. The van der Waals surface area contributed by atoms with Crippen LogP contribution in [0.1, 0.15) is 11.8 Å². The largest absolute Gasteiger partial charge is 0.473 e. The van der Waals surface area contributed by atoms with Crippen LogP contribution in [0.4, 0.5) is 0 Å². The van der Waals surface area contributed by atoms with E-state index >= 15 is 0 Å². The Morgan fingerprint density at radius 1 is 1.29 bits per heavy atom. The van der Waals surface area contributed by atoms with Crippen LogP contribution in [0.2, 0.25) is 0 Å². The molecule has 14 heavy (non-hydrogen) atoms. The van der Waals surface area contributed by atoms with Gasteiger partial charge in [-0.1, -0.05) is 30.3 Å². The number of fused-ring (bicyclic) bond motifs is 1. The first-order valence-electron chi connectivity index (χ1n) is 4.73. The molecule has 0 radical (unpaired) electrons. The molecule has 0 aliphatic carbocycles. The molecular weight excluding hydrogens is 194 g/mol. The lowest BCUT2D eigenvalue weighted by Gasteiger charge is -2.11. The van der Waals surface area contributed by atoms with Gasteiger partial charge in [-0.15, -0.1) is 11.8 Å². The smallest absolute Gasteiger partial charge is 0.176 e. The first-order valence-corrected chi connectivity index (χ1v) is 5.78. The fraction of sp³-hybridized carbons (Fsp3) is 0.273. The Labute approximate surface area is 87.3 Å². The van der Waals surface area contributed by atoms with Gasteiger partial charge >= 0.3 is 0 Å². The van der Waals surface area contributed by atoms with E-state index in [-0.39, 0.29) is 6.23 Å². The summed E-state index contributed by atoms with van der Waals surface area (Å²) in [7, 11) is 0. The van der Waals surface area contributed by atoms with Crippen molar-refractivity contribution in [1.29, 1.82) is 0 Å². The first-order chi connectivity index (χ1) is 6.93. The van der Waals surface area contributed by atoms with Crippen LogP contribution in [0.25, 0.3) is 0 Å². The topological polar surface area (TPSA) is 21.3 Å². The summed E-state index contributed by atoms with van der Waals surface area (Å²) >= 11 is 1.81. The van der Waals surface area contributed by atoms with Crippen molar-refractivity contribution < 1.29 is 4.74 Å². The highest BCUT2D eigenvalue weighted by Crippen LogP contribution is 2.34.